The van der Waals surface area contributed by atoms with Crippen LogP contribution in [-0.2, 0) is 17.8 Å². The van der Waals surface area contributed by atoms with E-state index in [1.165, 1.54) is 0 Å². The van der Waals surface area contributed by atoms with E-state index >= 15 is 0 Å². The zero-order valence-electron chi connectivity index (χ0n) is 17.6. The highest BCUT2D eigenvalue weighted by molar-refractivity contribution is 5.90. The normalized spacial score (nSPS) is 19.6. The highest BCUT2D eigenvalue weighted by Gasteiger charge is 2.22. The van der Waals surface area contributed by atoms with E-state index in [1.807, 2.05) is 43.3 Å². The molecule has 156 valence electrons. The van der Waals surface area contributed by atoms with Gasteiger partial charge in [0.05, 0.1) is 24.4 Å². The minimum atomic E-state index is -0.258. The average molecular weight is 399 g/mol. The summed E-state index contributed by atoms with van der Waals surface area (Å²) in [7, 11) is 3.76. The molecule has 2 aromatic rings. The number of carbonyl (C=O) groups is 1. The lowest BCUT2D eigenvalue weighted by Gasteiger charge is -2.35. The molecule has 2 N–H and O–H groups in total. The van der Waals surface area contributed by atoms with Crippen molar-refractivity contribution >= 4 is 17.7 Å². The number of ether oxygens (including phenoxy) is 1. The number of morpholine rings is 1. The molecule has 2 heterocycles. The summed E-state index contributed by atoms with van der Waals surface area (Å²) in [4.78, 5) is 25.2. The first-order valence-electron chi connectivity index (χ1n) is 9.90. The van der Waals surface area contributed by atoms with Gasteiger partial charge in [0.1, 0.15) is 0 Å². The predicted octanol–water partition coefficient (Wildman–Crippen LogP) is 2.47. The molecule has 1 aliphatic heterocycles. The number of urea groups is 1. The summed E-state index contributed by atoms with van der Waals surface area (Å²) in [5.74, 6) is 0.615. The summed E-state index contributed by atoms with van der Waals surface area (Å²) in [6.07, 6.45) is 2.11. The van der Waals surface area contributed by atoms with Gasteiger partial charge in [0.15, 0.2) is 0 Å². The van der Waals surface area contributed by atoms with Crippen LogP contribution >= 0.6 is 0 Å². The maximum atomic E-state index is 12.4. The molecule has 1 aromatic carbocycles. The van der Waals surface area contributed by atoms with Crippen molar-refractivity contribution in [3.8, 4) is 0 Å². The van der Waals surface area contributed by atoms with Gasteiger partial charge in [0, 0.05) is 45.6 Å². The molecular formula is C21H30N6O2. The van der Waals surface area contributed by atoms with Gasteiger partial charge in [-0.1, -0.05) is 18.2 Å². The summed E-state index contributed by atoms with van der Waals surface area (Å²) < 4.78 is 5.81. The zero-order valence-corrected chi connectivity index (χ0v) is 17.6. The molecule has 8 nitrogen and oxygen atoms in total. The third-order valence-electron chi connectivity index (χ3n) is 4.69. The quantitative estimate of drug-likeness (QED) is 0.778. The maximum Gasteiger partial charge on any atom is 0.319 e. The molecule has 1 aliphatic rings. The Morgan fingerprint density at radius 1 is 1.21 bits per heavy atom. The van der Waals surface area contributed by atoms with Crippen LogP contribution < -0.4 is 15.5 Å². The largest absolute Gasteiger partial charge is 0.373 e. The number of aromatic nitrogens is 2. The Kier molecular flexibility index (Phi) is 7.00. The molecule has 2 atom stereocenters. The van der Waals surface area contributed by atoms with E-state index in [4.69, 9.17) is 4.74 Å². The number of hydrogen-bond acceptors (Lipinski definition) is 6. The molecular weight excluding hydrogens is 368 g/mol. The van der Waals surface area contributed by atoms with Gasteiger partial charge >= 0.3 is 6.03 Å². The van der Waals surface area contributed by atoms with Crippen LogP contribution in [0.25, 0.3) is 0 Å². The molecule has 0 aliphatic carbocycles. The molecule has 1 aromatic heterocycles. The Balaban J connectivity index is 1.58. The molecule has 29 heavy (non-hydrogen) atoms. The molecule has 8 heteroatoms. The van der Waals surface area contributed by atoms with Gasteiger partial charge in [-0.3, -0.25) is 4.90 Å². The number of carbonyl (C=O) groups excluding carboxylic acids is 1. The Hall–Kier alpha value is -2.71. The summed E-state index contributed by atoms with van der Waals surface area (Å²) in [6.45, 7) is 7.05. The van der Waals surface area contributed by atoms with Crippen LogP contribution in [0.2, 0.25) is 0 Å². The molecule has 0 radical (unpaired) electrons. The lowest BCUT2D eigenvalue weighted by atomic mass is 10.1. The summed E-state index contributed by atoms with van der Waals surface area (Å²) in [5.41, 5.74) is 2.65. The van der Waals surface area contributed by atoms with Crippen molar-refractivity contribution in [2.45, 2.75) is 39.1 Å². The molecule has 1 fully saturated rings. The minimum absolute atomic E-state index is 0.210. The number of benzene rings is 1. The average Bonchev–Trinajstić information content (AvgIpc) is 2.67. The van der Waals surface area contributed by atoms with Crippen molar-refractivity contribution in [1.29, 1.82) is 0 Å². The minimum Gasteiger partial charge on any atom is -0.373 e. The molecule has 0 spiro atoms. The van der Waals surface area contributed by atoms with Gasteiger partial charge in [-0.2, -0.15) is 0 Å². The van der Waals surface area contributed by atoms with E-state index in [2.05, 4.69) is 39.3 Å². The SMILES string of the molecule is CC1CN(Cc2ccccc2NC(=O)NCc2ccnc(N(C)C)n2)CC(C)O1. The van der Waals surface area contributed by atoms with Crippen LogP contribution in [-0.4, -0.2) is 60.3 Å². The molecule has 2 amide bonds. The van der Waals surface area contributed by atoms with Crippen molar-refractivity contribution < 1.29 is 9.53 Å². The van der Waals surface area contributed by atoms with Crippen molar-refractivity contribution in [2.24, 2.45) is 0 Å². The number of nitrogens with zero attached hydrogens (tertiary/aromatic N) is 4. The highest BCUT2D eigenvalue weighted by Crippen LogP contribution is 2.20. The number of para-hydroxylation sites is 1. The fraction of sp³-hybridized carbons (Fsp3) is 0.476. The van der Waals surface area contributed by atoms with Crippen LogP contribution in [0, 0.1) is 0 Å². The lowest BCUT2D eigenvalue weighted by Crippen LogP contribution is -2.44. The van der Waals surface area contributed by atoms with E-state index in [-0.39, 0.29) is 18.2 Å². The number of rotatable bonds is 6. The van der Waals surface area contributed by atoms with E-state index in [0.717, 1.165) is 36.6 Å². The fourth-order valence-electron chi connectivity index (χ4n) is 3.47. The van der Waals surface area contributed by atoms with Crippen LogP contribution in [0.1, 0.15) is 25.1 Å². The molecule has 3 rings (SSSR count). The Labute approximate surface area is 172 Å². The topological polar surface area (TPSA) is 82.6 Å². The van der Waals surface area contributed by atoms with Gasteiger partial charge in [-0.25, -0.2) is 14.8 Å². The summed E-state index contributed by atoms with van der Waals surface area (Å²) in [5, 5.41) is 5.83. The second-order valence-corrected chi connectivity index (χ2v) is 7.66. The summed E-state index contributed by atoms with van der Waals surface area (Å²) >= 11 is 0. The second-order valence-electron chi connectivity index (χ2n) is 7.66. The van der Waals surface area contributed by atoms with Crippen LogP contribution in [0.15, 0.2) is 36.5 Å². The molecule has 1 saturated heterocycles. The monoisotopic (exact) mass is 398 g/mol. The van der Waals surface area contributed by atoms with E-state index in [0.29, 0.717) is 12.5 Å². The summed E-state index contributed by atoms with van der Waals surface area (Å²) in [6, 6.07) is 9.44. The lowest BCUT2D eigenvalue weighted by molar-refractivity contribution is -0.0704. The number of nitrogens with one attached hydrogen (secondary N) is 2. The van der Waals surface area contributed by atoms with E-state index in [9.17, 15) is 4.79 Å². The standard InChI is InChI=1S/C21H30N6O2/c1-15-12-27(13-16(2)29-15)14-17-7-5-6-8-19(17)25-21(28)23-11-18-9-10-22-20(24-18)26(3)4/h5-10,15-16H,11-14H2,1-4H3,(H2,23,25,28). The smallest absolute Gasteiger partial charge is 0.319 e. The fourth-order valence-corrected chi connectivity index (χ4v) is 3.47. The van der Waals surface area contributed by atoms with Gasteiger partial charge in [-0.05, 0) is 31.5 Å². The third kappa shape index (κ3) is 6.13. The predicted molar refractivity (Wildman–Crippen MR) is 114 cm³/mol. The number of anilines is 2. The Morgan fingerprint density at radius 2 is 1.93 bits per heavy atom. The van der Waals surface area contributed by atoms with Crippen molar-refractivity contribution in [1.82, 2.24) is 20.2 Å². The first-order chi connectivity index (χ1) is 13.9. The van der Waals surface area contributed by atoms with Gasteiger partial charge in [0.25, 0.3) is 0 Å². The molecule has 2 unspecified atom stereocenters. The first kappa shape index (κ1) is 21.0. The van der Waals surface area contributed by atoms with Gasteiger partial charge in [0.2, 0.25) is 5.95 Å². The zero-order chi connectivity index (χ0) is 20.8. The molecule has 0 bridgehead atoms. The van der Waals surface area contributed by atoms with E-state index < -0.39 is 0 Å². The van der Waals surface area contributed by atoms with Gasteiger partial charge < -0.3 is 20.3 Å². The third-order valence-corrected chi connectivity index (χ3v) is 4.69. The Bertz CT molecular complexity index is 818. The van der Waals surface area contributed by atoms with Crippen molar-refractivity contribution in [3.05, 3.63) is 47.8 Å². The van der Waals surface area contributed by atoms with Crippen molar-refractivity contribution in [2.75, 3.05) is 37.4 Å². The van der Waals surface area contributed by atoms with Crippen LogP contribution in [0.3, 0.4) is 0 Å². The van der Waals surface area contributed by atoms with E-state index in [1.54, 1.807) is 12.3 Å². The maximum absolute atomic E-state index is 12.4. The Morgan fingerprint density at radius 3 is 2.66 bits per heavy atom. The van der Waals surface area contributed by atoms with Crippen molar-refractivity contribution in [3.63, 3.8) is 0 Å². The second kappa shape index (κ2) is 9.67. The van der Waals surface area contributed by atoms with Gasteiger partial charge in [-0.15, -0.1) is 0 Å². The molecule has 0 saturated carbocycles. The van der Waals surface area contributed by atoms with Crippen LogP contribution in [0.5, 0.6) is 0 Å². The van der Waals surface area contributed by atoms with Crippen LogP contribution in [0.4, 0.5) is 16.4 Å². The number of amides is 2. The highest BCUT2D eigenvalue weighted by atomic mass is 16.5. The number of hydrogen-bond donors (Lipinski definition) is 2. The first-order valence-corrected chi connectivity index (χ1v) is 9.90.